The Balaban J connectivity index is 2.41. The van der Waals surface area contributed by atoms with Gasteiger partial charge in [0.25, 0.3) is 0 Å². The number of carbonyl (C=O) groups is 2. The first-order valence-corrected chi connectivity index (χ1v) is 9.40. The van der Waals surface area contributed by atoms with Crippen molar-refractivity contribution in [2.24, 2.45) is 16.9 Å². The van der Waals surface area contributed by atoms with Crippen LogP contribution >= 0.6 is 0 Å². The van der Waals surface area contributed by atoms with E-state index in [0.717, 1.165) is 17.5 Å². The molecule has 9 nitrogen and oxygen atoms in total. The molecule has 0 radical (unpaired) electrons. The van der Waals surface area contributed by atoms with Crippen molar-refractivity contribution < 1.29 is 33.5 Å². The van der Waals surface area contributed by atoms with Crippen molar-refractivity contribution in [2.75, 3.05) is 33.5 Å². The van der Waals surface area contributed by atoms with Gasteiger partial charge in [-0.2, -0.15) is 0 Å². The Kier molecular flexibility index (Phi) is 10.5. The highest BCUT2D eigenvalue weighted by molar-refractivity contribution is 5.77. The lowest BCUT2D eigenvalue weighted by molar-refractivity contribution is -0.459. The van der Waals surface area contributed by atoms with Crippen LogP contribution < -0.4 is 16.5 Å². The molecule has 0 aliphatic carbocycles. The second kappa shape index (κ2) is 12.6. The molecule has 1 unspecified atom stereocenters. The van der Waals surface area contributed by atoms with Gasteiger partial charge in [0, 0.05) is 7.11 Å². The van der Waals surface area contributed by atoms with Crippen LogP contribution in [-0.2, 0) is 30.3 Å². The summed E-state index contributed by atoms with van der Waals surface area (Å²) in [5.74, 6) is -0.357. The van der Waals surface area contributed by atoms with Gasteiger partial charge in [-0.05, 0) is 32.3 Å². The van der Waals surface area contributed by atoms with Gasteiger partial charge in [0.1, 0.15) is 18.6 Å². The summed E-state index contributed by atoms with van der Waals surface area (Å²) in [6.45, 7) is 4.30. The maximum absolute atomic E-state index is 12.4. The van der Waals surface area contributed by atoms with Gasteiger partial charge in [0.2, 0.25) is 0 Å². The average molecular weight is 410 g/mol. The van der Waals surface area contributed by atoms with Gasteiger partial charge in [0.15, 0.2) is 0 Å². The number of benzene rings is 1. The Morgan fingerprint density at radius 2 is 1.72 bits per heavy atom. The molecule has 0 spiro atoms. The van der Waals surface area contributed by atoms with Crippen molar-refractivity contribution in [3.8, 4) is 0 Å². The summed E-state index contributed by atoms with van der Waals surface area (Å²) in [6.07, 6.45) is 0.505. The van der Waals surface area contributed by atoms with E-state index in [1.54, 1.807) is 6.92 Å². The largest absolute Gasteiger partial charge is 0.508 e. The Hall–Kier alpha value is -2.81. The number of methoxy groups -OCH3 is 1. The highest BCUT2D eigenvalue weighted by Crippen LogP contribution is 2.20. The van der Waals surface area contributed by atoms with Gasteiger partial charge in [-0.1, -0.05) is 29.8 Å². The van der Waals surface area contributed by atoms with E-state index in [4.69, 9.17) is 30.4 Å². The van der Waals surface area contributed by atoms with E-state index >= 15 is 0 Å². The lowest BCUT2D eigenvalue weighted by Crippen LogP contribution is -2.78. The minimum atomic E-state index is -1.13. The Morgan fingerprint density at radius 3 is 2.34 bits per heavy atom. The van der Waals surface area contributed by atoms with E-state index in [1.165, 1.54) is 7.11 Å². The van der Waals surface area contributed by atoms with Crippen LogP contribution in [0.3, 0.4) is 0 Å². The summed E-state index contributed by atoms with van der Waals surface area (Å²) in [5.41, 5.74) is 11.4. The number of esters is 1. The van der Waals surface area contributed by atoms with Gasteiger partial charge in [-0.25, -0.2) is 4.79 Å². The number of guanidine groups is 1. The zero-order valence-corrected chi connectivity index (χ0v) is 17.4. The maximum Gasteiger partial charge on any atom is 0.508 e. The Morgan fingerprint density at radius 1 is 1.03 bits per heavy atom. The van der Waals surface area contributed by atoms with Gasteiger partial charge >= 0.3 is 18.1 Å². The summed E-state index contributed by atoms with van der Waals surface area (Å²) >= 11 is 0. The number of nitrogens with one attached hydrogen (secondary N) is 1. The fourth-order valence-electron chi connectivity index (χ4n) is 2.36. The fourth-order valence-corrected chi connectivity index (χ4v) is 2.36. The van der Waals surface area contributed by atoms with Gasteiger partial charge in [-0.3, -0.25) is 21.3 Å². The predicted molar refractivity (Wildman–Crippen MR) is 107 cm³/mol. The second-order valence-corrected chi connectivity index (χ2v) is 7.03. The minimum Gasteiger partial charge on any atom is -0.465 e. The van der Waals surface area contributed by atoms with Crippen LogP contribution in [0.15, 0.2) is 24.3 Å². The number of ether oxygens (including phenoxy) is 4. The van der Waals surface area contributed by atoms with Gasteiger partial charge in [0.05, 0.1) is 19.8 Å². The van der Waals surface area contributed by atoms with Crippen LogP contribution in [0.1, 0.15) is 30.9 Å². The summed E-state index contributed by atoms with van der Waals surface area (Å²) in [7, 11) is 1.46. The highest BCUT2D eigenvalue weighted by atomic mass is 16.7. The molecule has 0 aliphatic heterocycles. The summed E-state index contributed by atoms with van der Waals surface area (Å²) < 4.78 is 20.6. The van der Waals surface area contributed by atoms with Crippen molar-refractivity contribution in [1.82, 2.24) is 0 Å². The number of rotatable bonds is 12. The topological polar surface area (TPSA) is 137 Å². The molecule has 162 valence electrons. The molecule has 1 rings (SSSR count). The SMILES string of the molecule is COCC(C)(COC(=O)OCc1ccc(C)cc1)C(=O)OCCCC[NH+]=C(N)N. The van der Waals surface area contributed by atoms with Crippen LogP contribution in [0.25, 0.3) is 0 Å². The molecule has 0 saturated carbocycles. The molecular formula is C20H32N3O6+. The molecule has 9 heteroatoms. The van der Waals surface area contributed by atoms with Crippen LogP contribution in [0.2, 0.25) is 0 Å². The number of carbonyl (C=O) groups excluding carboxylic acids is 2. The van der Waals surface area contributed by atoms with E-state index in [2.05, 4.69) is 4.99 Å². The molecule has 1 aromatic carbocycles. The molecule has 0 amide bonds. The lowest BCUT2D eigenvalue weighted by Gasteiger charge is -2.25. The molecule has 0 aliphatic rings. The quantitative estimate of drug-likeness (QED) is 0.189. The van der Waals surface area contributed by atoms with Gasteiger partial charge < -0.3 is 18.9 Å². The summed E-state index contributed by atoms with van der Waals surface area (Å²) in [4.78, 5) is 27.1. The molecule has 0 aromatic heterocycles. The minimum absolute atomic E-state index is 0.0390. The van der Waals surface area contributed by atoms with E-state index in [-0.39, 0.29) is 32.4 Å². The summed E-state index contributed by atoms with van der Waals surface area (Å²) in [5, 5.41) is 0. The van der Waals surface area contributed by atoms with Crippen molar-refractivity contribution >= 4 is 18.1 Å². The normalized spacial score (nSPS) is 12.5. The van der Waals surface area contributed by atoms with Crippen molar-refractivity contribution in [3.63, 3.8) is 0 Å². The number of nitrogens with two attached hydrogens (primary N) is 2. The zero-order valence-electron chi connectivity index (χ0n) is 17.4. The molecule has 1 atom stereocenters. The maximum atomic E-state index is 12.4. The molecule has 0 bridgehead atoms. The fraction of sp³-hybridized carbons (Fsp3) is 0.550. The molecule has 0 fully saturated rings. The first-order valence-electron chi connectivity index (χ1n) is 9.40. The monoisotopic (exact) mass is 410 g/mol. The smallest absolute Gasteiger partial charge is 0.465 e. The van der Waals surface area contributed by atoms with Crippen molar-refractivity contribution in [1.29, 1.82) is 0 Å². The lowest BCUT2D eigenvalue weighted by atomic mass is 9.93. The third-order valence-electron chi connectivity index (χ3n) is 4.07. The first-order chi connectivity index (χ1) is 13.8. The van der Waals surface area contributed by atoms with E-state index in [9.17, 15) is 9.59 Å². The number of hydrogen-bond acceptors (Lipinski definition) is 6. The summed E-state index contributed by atoms with van der Waals surface area (Å²) in [6, 6.07) is 7.58. The third kappa shape index (κ3) is 9.79. The first kappa shape index (κ1) is 24.2. The molecular weight excluding hydrogens is 378 g/mol. The van der Waals surface area contributed by atoms with Crippen LogP contribution in [0.5, 0.6) is 0 Å². The standard InChI is InChI=1S/C20H31N3O6/c1-15-6-8-16(9-7-15)12-28-19(25)29-14-20(2,13-26-3)17(24)27-11-5-4-10-23-18(21)22/h6-9H,4-5,10-14H2,1-3H3,(H4,21,22,23)/p+1. The average Bonchev–Trinajstić information content (AvgIpc) is 2.68. The van der Waals surface area contributed by atoms with Crippen LogP contribution in [-0.4, -0.2) is 51.6 Å². The number of aryl methyl sites for hydroxylation is 1. The molecule has 5 N–H and O–H groups in total. The molecule has 0 heterocycles. The third-order valence-corrected chi connectivity index (χ3v) is 4.07. The van der Waals surface area contributed by atoms with Crippen molar-refractivity contribution in [3.05, 3.63) is 35.4 Å². The second-order valence-electron chi connectivity index (χ2n) is 7.03. The Labute approximate surface area is 171 Å². The number of hydrogen-bond donors (Lipinski definition) is 3. The van der Waals surface area contributed by atoms with E-state index < -0.39 is 17.5 Å². The van der Waals surface area contributed by atoms with Gasteiger partial charge in [-0.15, -0.1) is 0 Å². The van der Waals surface area contributed by atoms with Crippen LogP contribution in [0, 0.1) is 12.3 Å². The molecule has 1 aromatic rings. The zero-order chi connectivity index (χ0) is 21.7. The van der Waals surface area contributed by atoms with E-state index in [0.29, 0.717) is 13.0 Å². The molecule has 0 saturated heterocycles. The van der Waals surface area contributed by atoms with Crippen LogP contribution in [0.4, 0.5) is 4.79 Å². The predicted octanol–water partition coefficient (Wildman–Crippen LogP) is -0.0217. The van der Waals surface area contributed by atoms with E-state index in [1.807, 2.05) is 31.2 Å². The van der Waals surface area contributed by atoms with Crippen molar-refractivity contribution in [2.45, 2.75) is 33.3 Å². The highest BCUT2D eigenvalue weighted by Gasteiger charge is 2.37. The number of unbranched alkanes of at least 4 members (excludes halogenated alkanes) is 1. The Bertz CT molecular complexity index is 673. The molecule has 29 heavy (non-hydrogen) atoms.